The molecular weight excluding hydrogens is 266 g/mol. The fraction of sp³-hybridized carbons (Fsp3) is 0.250. The summed E-state index contributed by atoms with van der Waals surface area (Å²) in [5.41, 5.74) is 6.06. The lowest BCUT2D eigenvalue weighted by Gasteiger charge is -2.05. The molecule has 0 saturated carbocycles. The minimum atomic E-state index is -0.0736. The number of nitrogen functional groups attached to an aromatic ring is 1. The number of hydrogen-bond donors (Lipinski definition) is 2. The molecule has 1 amide bonds. The van der Waals surface area contributed by atoms with Gasteiger partial charge in [-0.2, -0.15) is 11.8 Å². The number of nitrogens with one attached hydrogen (secondary N) is 1. The Morgan fingerprint density at radius 2 is 2.50 bits per heavy atom. The lowest BCUT2D eigenvalue weighted by atomic mass is 10.4. The number of anilines is 2. The van der Waals surface area contributed by atoms with E-state index in [9.17, 15) is 4.79 Å². The standard InChI is InChI=1S/C8H10BrN3OS/c1-14-4-7(13)12-8-6(9)2-5(10)3-11-8/h2-3H,4,10H2,1H3,(H,11,12,13). The number of amides is 1. The van der Waals surface area contributed by atoms with Crippen molar-refractivity contribution in [2.24, 2.45) is 0 Å². The van der Waals surface area contributed by atoms with Crippen LogP contribution in [0.1, 0.15) is 0 Å². The van der Waals surface area contributed by atoms with E-state index < -0.39 is 0 Å². The Morgan fingerprint density at radius 3 is 3.07 bits per heavy atom. The Hall–Kier alpha value is -0.750. The molecule has 0 aromatic carbocycles. The quantitative estimate of drug-likeness (QED) is 0.882. The SMILES string of the molecule is CSCC(=O)Nc1ncc(N)cc1Br. The first-order chi connectivity index (χ1) is 6.63. The lowest BCUT2D eigenvalue weighted by Crippen LogP contribution is -2.15. The molecule has 14 heavy (non-hydrogen) atoms. The van der Waals surface area contributed by atoms with E-state index in [2.05, 4.69) is 26.2 Å². The number of aromatic nitrogens is 1. The fourth-order valence-electron chi connectivity index (χ4n) is 0.844. The van der Waals surface area contributed by atoms with Crippen molar-refractivity contribution >= 4 is 45.1 Å². The van der Waals surface area contributed by atoms with Crippen molar-refractivity contribution in [1.29, 1.82) is 0 Å². The summed E-state index contributed by atoms with van der Waals surface area (Å²) in [6.45, 7) is 0. The molecule has 0 spiro atoms. The van der Waals surface area contributed by atoms with Gasteiger partial charge in [-0.25, -0.2) is 4.98 Å². The Labute approximate surface area is 94.8 Å². The molecule has 3 N–H and O–H groups in total. The average Bonchev–Trinajstić information content (AvgIpc) is 2.10. The molecule has 0 unspecified atom stereocenters. The van der Waals surface area contributed by atoms with Gasteiger partial charge in [-0.3, -0.25) is 4.79 Å². The molecule has 1 heterocycles. The number of hydrogen-bond acceptors (Lipinski definition) is 4. The number of carbonyl (C=O) groups excluding carboxylic acids is 1. The molecular formula is C8H10BrN3OS. The van der Waals surface area contributed by atoms with E-state index in [1.807, 2.05) is 6.26 Å². The van der Waals surface area contributed by atoms with Crippen molar-refractivity contribution < 1.29 is 4.79 Å². The minimum absolute atomic E-state index is 0.0736. The maximum atomic E-state index is 11.2. The molecule has 0 saturated heterocycles. The van der Waals surface area contributed by atoms with E-state index in [-0.39, 0.29) is 5.91 Å². The second-order valence-corrected chi connectivity index (χ2v) is 4.30. The molecule has 1 rings (SSSR count). The van der Waals surface area contributed by atoms with E-state index in [0.29, 0.717) is 21.7 Å². The zero-order valence-electron chi connectivity index (χ0n) is 7.58. The first kappa shape index (κ1) is 11.3. The predicted octanol–water partition coefficient (Wildman–Crippen LogP) is 1.73. The number of rotatable bonds is 3. The summed E-state index contributed by atoms with van der Waals surface area (Å²) in [5, 5.41) is 2.67. The van der Waals surface area contributed by atoms with Gasteiger partial charge in [0.05, 0.1) is 22.1 Å². The normalized spacial score (nSPS) is 9.86. The maximum Gasteiger partial charge on any atom is 0.235 e. The molecule has 0 bridgehead atoms. The van der Waals surface area contributed by atoms with Gasteiger partial charge >= 0.3 is 0 Å². The molecule has 6 heteroatoms. The summed E-state index contributed by atoms with van der Waals surface area (Å²) >= 11 is 4.72. The maximum absolute atomic E-state index is 11.2. The van der Waals surface area contributed by atoms with Crippen molar-refractivity contribution in [1.82, 2.24) is 4.98 Å². The Kier molecular flexibility index (Phi) is 4.21. The van der Waals surface area contributed by atoms with Gasteiger partial charge in [0.1, 0.15) is 5.82 Å². The average molecular weight is 276 g/mol. The lowest BCUT2D eigenvalue weighted by molar-refractivity contribution is -0.113. The van der Waals surface area contributed by atoms with Gasteiger partial charge in [0, 0.05) is 0 Å². The van der Waals surface area contributed by atoms with Crippen LogP contribution >= 0.6 is 27.7 Å². The van der Waals surface area contributed by atoms with Gasteiger partial charge in [-0.15, -0.1) is 0 Å². The van der Waals surface area contributed by atoms with Crippen LogP contribution in [0.4, 0.5) is 11.5 Å². The van der Waals surface area contributed by atoms with E-state index in [0.717, 1.165) is 0 Å². The second-order valence-electron chi connectivity index (χ2n) is 2.58. The van der Waals surface area contributed by atoms with Crippen molar-refractivity contribution in [3.05, 3.63) is 16.7 Å². The smallest absolute Gasteiger partial charge is 0.235 e. The van der Waals surface area contributed by atoms with Gasteiger partial charge in [-0.05, 0) is 28.3 Å². The van der Waals surface area contributed by atoms with Gasteiger partial charge in [0.15, 0.2) is 0 Å². The van der Waals surface area contributed by atoms with Crippen LogP contribution < -0.4 is 11.1 Å². The first-order valence-corrected chi connectivity index (χ1v) is 6.02. The number of nitrogens with two attached hydrogens (primary N) is 1. The van der Waals surface area contributed by atoms with Gasteiger partial charge in [0.25, 0.3) is 0 Å². The molecule has 0 fully saturated rings. The Bertz CT molecular complexity index is 345. The number of thioether (sulfide) groups is 1. The molecule has 76 valence electrons. The number of nitrogens with zero attached hydrogens (tertiary/aromatic N) is 1. The minimum Gasteiger partial charge on any atom is -0.397 e. The van der Waals surface area contributed by atoms with E-state index in [4.69, 9.17) is 5.73 Å². The monoisotopic (exact) mass is 275 g/mol. The summed E-state index contributed by atoms with van der Waals surface area (Å²) in [5.74, 6) is 0.840. The third-order valence-electron chi connectivity index (χ3n) is 1.40. The molecule has 0 radical (unpaired) electrons. The highest BCUT2D eigenvalue weighted by atomic mass is 79.9. The molecule has 1 aromatic rings. The van der Waals surface area contributed by atoms with Crippen LogP contribution in [0.5, 0.6) is 0 Å². The topological polar surface area (TPSA) is 68.0 Å². The van der Waals surface area contributed by atoms with Crippen LogP contribution in [0.2, 0.25) is 0 Å². The Balaban J connectivity index is 2.72. The van der Waals surface area contributed by atoms with Crippen molar-refractivity contribution in [2.75, 3.05) is 23.1 Å². The van der Waals surface area contributed by atoms with Gasteiger partial charge < -0.3 is 11.1 Å². The summed E-state index contributed by atoms with van der Waals surface area (Å²) in [4.78, 5) is 15.2. The zero-order chi connectivity index (χ0) is 10.6. The van der Waals surface area contributed by atoms with Crippen molar-refractivity contribution in [3.63, 3.8) is 0 Å². The van der Waals surface area contributed by atoms with Crippen LogP contribution in [0, 0.1) is 0 Å². The van der Waals surface area contributed by atoms with Gasteiger partial charge in [-0.1, -0.05) is 0 Å². The van der Waals surface area contributed by atoms with E-state index in [1.165, 1.54) is 18.0 Å². The highest BCUT2D eigenvalue weighted by Gasteiger charge is 2.05. The summed E-state index contributed by atoms with van der Waals surface area (Å²) < 4.78 is 0.687. The molecule has 1 aromatic heterocycles. The second kappa shape index (κ2) is 5.21. The number of pyridine rings is 1. The number of carbonyl (C=O) groups is 1. The number of halogens is 1. The van der Waals surface area contributed by atoms with Crippen LogP contribution in [-0.2, 0) is 4.79 Å². The molecule has 0 atom stereocenters. The van der Waals surface area contributed by atoms with E-state index in [1.54, 1.807) is 6.07 Å². The zero-order valence-corrected chi connectivity index (χ0v) is 9.98. The summed E-state index contributed by atoms with van der Waals surface area (Å²) in [6, 6.07) is 1.70. The highest BCUT2D eigenvalue weighted by molar-refractivity contribution is 9.10. The molecule has 4 nitrogen and oxygen atoms in total. The molecule has 0 aliphatic rings. The Morgan fingerprint density at radius 1 is 1.79 bits per heavy atom. The van der Waals surface area contributed by atoms with Crippen molar-refractivity contribution in [2.45, 2.75) is 0 Å². The van der Waals surface area contributed by atoms with Crippen LogP contribution in [0.25, 0.3) is 0 Å². The van der Waals surface area contributed by atoms with Gasteiger partial charge in [0.2, 0.25) is 5.91 Å². The van der Waals surface area contributed by atoms with E-state index >= 15 is 0 Å². The largest absolute Gasteiger partial charge is 0.397 e. The highest BCUT2D eigenvalue weighted by Crippen LogP contribution is 2.21. The predicted molar refractivity (Wildman–Crippen MR) is 63.4 cm³/mol. The third kappa shape index (κ3) is 3.19. The fourth-order valence-corrected chi connectivity index (χ4v) is 1.64. The summed E-state index contributed by atoms with van der Waals surface area (Å²) in [7, 11) is 0. The molecule has 0 aliphatic carbocycles. The van der Waals surface area contributed by atoms with Crippen LogP contribution in [0.3, 0.4) is 0 Å². The van der Waals surface area contributed by atoms with Crippen LogP contribution in [0.15, 0.2) is 16.7 Å². The van der Waals surface area contributed by atoms with Crippen molar-refractivity contribution in [3.8, 4) is 0 Å². The first-order valence-electron chi connectivity index (χ1n) is 3.83. The third-order valence-corrected chi connectivity index (χ3v) is 2.55. The molecule has 0 aliphatic heterocycles. The summed E-state index contributed by atoms with van der Waals surface area (Å²) in [6.07, 6.45) is 3.37. The van der Waals surface area contributed by atoms with Crippen LogP contribution in [-0.4, -0.2) is 22.9 Å².